The maximum absolute atomic E-state index is 12.9. The number of hydrogen-bond donors (Lipinski definition) is 3. The summed E-state index contributed by atoms with van der Waals surface area (Å²) < 4.78 is 39.3. The summed E-state index contributed by atoms with van der Waals surface area (Å²) in [5.41, 5.74) is 0.184. The van der Waals surface area contributed by atoms with Crippen LogP contribution < -0.4 is 9.46 Å². The summed E-state index contributed by atoms with van der Waals surface area (Å²) in [6, 6.07) is 6.09. The number of aliphatic hydroxyl groups excluding tert-OH is 2. The molecule has 0 radical (unpaired) electrons. The van der Waals surface area contributed by atoms with Gasteiger partial charge in [-0.15, -0.1) is 0 Å². The van der Waals surface area contributed by atoms with Crippen molar-refractivity contribution in [3.8, 4) is 5.75 Å². The second-order valence-electron chi connectivity index (χ2n) is 15.3. The molecule has 1 aromatic rings. The highest BCUT2D eigenvalue weighted by atomic mass is 32.2. The monoisotopic (exact) mass is 647 g/mol. The third-order valence-electron chi connectivity index (χ3n) is 13.2. The van der Waals surface area contributed by atoms with Crippen LogP contribution in [-0.2, 0) is 14.8 Å². The number of amides is 1. The number of hydrogen-bond acceptors (Lipinski definition) is 7. The smallest absolute Gasteiger partial charge is 0.421 e. The van der Waals surface area contributed by atoms with Crippen molar-refractivity contribution in [3.63, 3.8) is 0 Å². The van der Waals surface area contributed by atoms with E-state index in [1.165, 1.54) is 12.1 Å². The lowest BCUT2D eigenvalue weighted by Crippen LogP contribution is -2.62. The molecule has 4 aliphatic carbocycles. The summed E-state index contributed by atoms with van der Waals surface area (Å²) in [4.78, 5) is 12.7. The quantitative estimate of drug-likeness (QED) is 0.252. The minimum absolute atomic E-state index is 0.0212. The minimum Gasteiger partial charge on any atom is -0.490 e. The summed E-state index contributed by atoms with van der Waals surface area (Å²) in [7, 11) is -4.08. The molecule has 1 amide bonds. The van der Waals surface area contributed by atoms with Crippen LogP contribution in [0.15, 0.2) is 29.2 Å². The van der Waals surface area contributed by atoms with E-state index in [2.05, 4.69) is 32.4 Å². The van der Waals surface area contributed by atoms with E-state index in [1.807, 2.05) is 13.8 Å². The van der Waals surface area contributed by atoms with Gasteiger partial charge in [0.1, 0.15) is 5.75 Å². The topological polar surface area (TPSA) is 122 Å². The van der Waals surface area contributed by atoms with Crippen molar-refractivity contribution in [2.45, 2.75) is 129 Å². The molecular weight excluding hydrogens is 590 g/mol. The second-order valence-corrected chi connectivity index (χ2v) is 17.0. The number of sulfonamides is 1. The Balaban J connectivity index is 1.21. The molecule has 3 N–H and O–H groups in total. The van der Waals surface area contributed by atoms with Gasteiger partial charge in [0, 0.05) is 0 Å². The van der Waals surface area contributed by atoms with Gasteiger partial charge in [-0.1, -0.05) is 48.0 Å². The van der Waals surface area contributed by atoms with Gasteiger partial charge < -0.3 is 19.7 Å². The van der Waals surface area contributed by atoms with Crippen LogP contribution >= 0.6 is 0 Å². The fourth-order valence-electron chi connectivity index (χ4n) is 10.8. The molecule has 5 rings (SSSR count). The maximum atomic E-state index is 12.9. The lowest BCUT2D eigenvalue weighted by Gasteiger charge is -2.64. The Morgan fingerprint density at radius 1 is 0.956 bits per heavy atom. The standard InChI is InChI=1S/C36H57NO7S/c1-7-24(8-2)44-25-10-12-26(13-11-25)45(41,42)37-34(40)43-21-22(4)28-14-15-29-32-30(17-19-35(28,29)5)36(6)18-16-23(38)20-31(36)27(9-3)33(32)39/h10-13,22-24,27-33,38-39H,7-9,14-21H2,1-6H3,(H,37,40)/t22-,23-,27-,28-,29+,30+,31+,32+,33-,35-,36-/m1/s1. The number of fused-ring (bicyclic) bond motifs is 5. The molecule has 0 saturated heterocycles. The lowest BCUT2D eigenvalue weighted by atomic mass is 9.41. The average molecular weight is 648 g/mol. The molecule has 0 unspecified atom stereocenters. The molecular formula is C36H57NO7S. The van der Waals surface area contributed by atoms with E-state index >= 15 is 0 Å². The first-order valence-corrected chi connectivity index (χ1v) is 19.1. The van der Waals surface area contributed by atoms with E-state index in [1.54, 1.807) is 12.1 Å². The maximum Gasteiger partial charge on any atom is 0.421 e. The van der Waals surface area contributed by atoms with Gasteiger partial charge in [0.05, 0.1) is 29.8 Å². The Hall–Kier alpha value is -1.84. The largest absolute Gasteiger partial charge is 0.490 e. The highest BCUT2D eigenvalue weighted by molar-refractivity contribution is 7.90. The number of ether oxygens (including phenoxy) is 2. The highest BCUT2D eigenvalue weighted by Crippen LogP contribution is 2.69. The van der Waals surface area contributed by atoms with Crippen LogP contribution in [-0.4, -0.2) is 49.6 Å². The summed E-state index contributed by atoms with van der Waals surface area (Å²) in [5.74, 6) is 2.68. The Bertz CT molecular complexity index is 1280. The fourth-order valence-corrected chi connectivity index (χ4v) is 11.7. The van der Waals surface area contributed by atoms with Crippen molar-refractivity contribution in [2.24, 2.45) is 52.3 Å². The molecule has 0 spiro atoms. The van der Waals surface area contributed by atoms with E-state index in [0.717, 1.165) is 64.2 Å². The average Bonchev–Trinajstić information content (AvgIpc) is 3.37. The molecule has 0 heterocycles. The first-order valence-electron chi connectivity index (χ1n) is 17.6. The zero-order valence-electron chi connectivity index (χ0n) is 28.2. The van der Waals surface area contributed by atoms with Crippen LogP contribution in [0.25, 0.3) is 0 Å². The zero-order chi connectivity index (χ0) is 32.7. The van der Waals surface area contributed by atoms with E-state index in [0.29, 0.717) is 29.4 Å². The van der Waals surface area contributed by atoms with Crippen LogP contribution in [0.2, 0.25) is 0 Å². The van der Waals surface area contributed by atoms with Gasteiger partial charge in [0.25, 0.3) is 10.0 Å². The van der Waals surface area contributed by atoms with Gasteiger partial charge in [0.15, 0.2) is 0 Å². The van der Waals surface area contributed by atoms with E-state index in [4.69, 9.17) is 9.47 Å². The fraction of sp³-hybridized carbons (Fsp3) is 0.806. The van der Waals surface area contributed by atoms with Gasteiger partial charge in [-0.25, -0.2) is 17.9 Å². The highest BCUT2D eigenvalue weighted by Gasteiger charge is 2.65. The van der Waals surface area contributed by atoms with Gasteiger partial charge in [-0.05, 0) is 134 Å². The summed E-state index contributed by atoms with van der Waals surface area (Å²) >= 11 is 0. The van der Waals surface area contributed by atoms with Gasteiger partial charge in [-0.2, -0.15) is 0 Å². The van der Waals surface area contributed by atoms with Gasteiger partial charge in [-0.3, -0.25) is 0 Å². The molecule has 4 fully saturated rings. The minimum atomic E-state index is -4.08. The van der Waals surface area contributed by atoms with Crippen LogP contribution in [0, 0.1) is 52.3 Å². The van der Waals surface area contributed by atoms with Crippen molar-refractivity contribution < 1.29 is 32.9 Å². The van der Waals surface area contributed by atoms with Crippen LogP contribution in [0.1, 0.15) is 106 Å². The first-order chi connectivity index (χ1) is 21.3. The summed E-state index contributed by atoms with van der Waals surface area (Å²) in [6.07, 6.45) is 8.09. The number of carbonyl (C=O) groups is 1. The van der Waals surface area contributed by atoms with Crippen LogP contribution in [0.4, 0.5) is 4.79 Å². The molecule has 4 saturated carbocycles. The molecule has 8 nitrogen and oxygen atoms in total. The van der Waals surface area contributed by atoms with Crippen molar-refractivity contribution in [3.05, 3.63) is 24.3 Å². The lowest BCUT2D eigenvalue weighted by molar-refractivity contribution is -0.203. The SMILES string of the molecule is CCC(CC)Oc1ccc(S(=O)(=O)NC(=O)OC[C@@H](C)[C@H]2CC[C@H]3[C@@H]4[C@H](O)[C@H](CC)[C@@H]5C[C@H](O)CC[C@]5(C)[C@H]4CC[C@]23C)cc1. The Morgan fingerprint density at radius 3 is 2.24 bits per heavy atom. The molecule has 0 aromatic heterocycles. The second kappa shape index (κ2) is 13.3. The molecule has 0 aliphatic heterocycles. The van der Waals surface area contributed by atoms with E-state index < -0.39 is 16.1 Å². The number of benzene rings is 1. The molecule has 0 bridgehead atoms. The first kappa shape index (κ1) is 34.5. The van der Waals surface area contributed by atoms with Crippen molar-refractivity contribution in [1.29, 1.82) is 0 Å². The molecule has 45 heavy (non-hydrogen) atoms. The van der Waals surface area contributed by atoms with Gasteiger partial charge in [0.2, 0.25) is 0 Å². The Kier molecular flexibility index (Phi) is 10.2. The molecule has 1 aromatic carbocycles. The predicted molar refractivity (Wildman–Crippen MR) is 174 cm³/mol. The van der Waals surface area contributed by atoms with Crippen LogP contribution in [0.5, 0.6) is 5.75 Å². The number of nitrogens with one attached hydrogen (secondary N) is 1. The summed E-state index contributed by atoms with van der Waals surface area (Å²) in [5, 5.41) is 22.5. The molecule has 4 aliphatic rings. The van der Waals surface area contributed by atoms with Crippen molar-refractivity contribution >= 4 is 16.1 Å². The number of aliphatic hydroxyl groups is 2. The number of carbonyl (C=O) groups excluding carboxylic acids is 1. The molecule has 11 atom stereocenters. The third-order valence-corrected chi connectivity index (χ3v) is 14.5. The van der Waals surface area contributed by atoms with Crippen molar-refractivity contribution in [1.82, 2.24) is 4.72 Å². The summed E-state index contributed by atoms with van der Waals surface area (Å²) in [6.45, 7) is 13.4. The van der Waals surface area contributed by atoms with Gasteiger partial charge >= 0.3 is 6.09 Å². The Morgan fingerprint density at radius 2 is 1.60 bits per heavy atom. The van der Waals surface area contributed by atoms with Crippen LogP contribution in [0.3, 0.4) is 0 Å². The zero-order valence-corrected chi connectivity index (χ0v) is 29.0. The molecule has 9 heteroatoms. The Labute approximate surface area is 271 Å². The van der Waals surface area contributed by atoms with E-state index in [-0.39, 0.29) is 58.4 Å². The van der Waals surface area contributed by atoms with Crippen molar-refractivity contribution in [2.75, 3.05) is 6.61 Å². The molecule has 254 valence electrons. The predicted octanol–water partition coefficient (Wildman–Crippen LogP) is 6.93. The normalized spacial score (nSPS) is 38.5. The van der Waals surface area contributed by atoms with E-state index in [9.17, 15) is 23.4 Å². The number of rotatable bonds is 10. The third kappa shape index (κ3) is 6.39.